The van der Waals surface area contributed by atoms with E-state index in [1.165, 1.54) is 0 Å². The second kappa shape index (κ2) is 7.92. The monoisotopic (exact) mass is 129 g/mol. The van der Waals surface area contributed by atoms with Crippen molar-refractivity contribution in [1.29, 1.82) is 0 Å². The molecule has 0 aromatic rings. The van der Waals surface area contributed by atoms with Crippen molar-refractivity contribution < 1.29 is 5.11 Å². The molecule has 0 bridgehead atoms. The molecular formula is C7H15NO. The van der Waals surface area contributed by atoms with Crippen molar-refractivity contribution in [3.05, 3.63) is 6.92 Å². The van der Waals surface area contributed by atoms with Gasteiger partial charge < -0.3 is 10.4 Å². The van der Waals surface area contributed by atoms with Gasteiger partial charge in [0.15, 0.2) is 0 Å². The number of aliphatic hydroxyl groups is 1. The van der Waals surface area contributed by atoms with Crippen molar-refractivity contribution in [3.63, 3.8) is 0 Å². The van der Waals surface area contributed by atoms with Crippen LogP contribution in [0, 0.1) is 6.92 Å². The van der Waals surface area contributed by atoms with Crippen molar-refractivity contribution in [2.24, 2.45) is 0 Å². The molecule has 0 aromatic carbocycles. The normalized spacial score (nSPS) is 10.0. The first-order valence-electron chi connectivity index (χ1n) is 3.43. The third-order valence-corrected chi connectivity index (χ3v) is 1.10. The van der Waals surface area contributed by atoms with Gasteiger partial charge in [0.1, 0.15) is 0 Å². The molecule has 0 heterocycles. The summed E-state index contributed by atoms with van der Waals surface area (Å²) >= 11 is 0. The third kappa shape index (κ3) is 7.92. The largest absolute Gasteiger partial charge is 0.395 e. The molecule has 0 aliphatic heterocycles. The first-order chi connectivity index (χ1) is 4.41. The van der Waals surface area contributed by atoms with E-state index in [0.29, 0.717) is 6.54 Å². The standard InChI is InChI=1S/C7H15NO/c1-2-3-4-5-8-6-7-9/h1,8-9H,2-7H2. The van der Waals surface area contributed by atoms with E-state index in [-0.39, 0.29) is 6.61 Å². The quantitative estimate of drug-likeness (QED) is 0.510. The average molecular weight is 129 g/mol. The maximum Gasteiger partial charge on any atom is 0.0555 e. The molecule has 0 fully saturated rings. The van der Waals surface area contributed by atoms with Crippen LogP contribution in [0.5, 0.6) is 0 Å². The lowest BCUT2D eigenvalue weighted by Crippen LogP contribution is -2.19. The smallest absolute Gasteiger partial charge is 0.0555 e. The summed E-state index contributed by atoms with van der Waals surface area (Å²) in [6, 6.07) is 0. The highest BCUT2D eigenvalue weighted by Gasteiger charge is 1.84. The van der Waals surface area contributed by atoms with Crippen LogP contribution >= 0.6 is 0 Å². The Bertz CT molecular complexity index is 42.2. The molecule has 9 heavy (non-hydrogen) atoms. The molecule has 0 saturated heterocycles. The van der Waals surface area contributed by atoms with Crippen molar-refractivity contribution >= 4 is 0 Å². The number of aliphatic hydroxyl groups excluding tert-OH is 1. The fourth-order valence-corrected chi connectivity index (χ4v) is 0.598. The van der Waals surface area contributed by atoms with Crippen LogP contribution < -0.4 is 5.32 Å². The summed E-state index contributed by atoms with van der Waals surface area (Å²) in [5, 5.41) is 11.4. The molecule has 0 unspecified atom stereocenters. The topological polar surface area (TPSA) is 32.3 Å². The maximum atomic E-state index is 8.34. The van der Waals surface area contributed by atoms with Crippen LogP contribution in [0.1, 0.15) is 19.3 Å². The Morgan fingerprint density at radius 2 is 2.00 bits per heavy atom. The minimum absolute atomic E-state index is 0.225. The fourth-order valence-electron chi connectivity index (χ4n) is 0.598. The van der Waals surface area contributed by atoms with Gasteiger partial charge in [-0.15, -0.1) is 0 Å². The van der Waals surface area contributed by atoms with E-state index in [4.69, 9.17) is 12.0 Å². The summed E-state index contributed by atoms with van der Waals surface area (Å²) < 4.78 is 0. The SMILES string of the molecule is [CH]CCCCNCCO. The Hall–Kier alpha value is -0.0800. The summed E-state index contributed by atoms with van der Waals surface area (Å²) in [5.74, 6) is 0. The fraction of sp³-hybridized carbons (Fsp3) is 0.857. The first kappa shape index (κ1) is 8.92. The molecule has 0 aliphatic rings. The van der Waals surface area contributed by atoms with Crippen LogP contribution in [0.15, 0.2) is 0 Å². The Morgan fingerprint density at radius 3 is 2.56 bits per heavy atom. The highest BCUT2D eigenvalue weighted by molar-refractivity contribution is 4.47. The molecule has 0 aliphatic carbocycles. The molecule has 54 valence electrons. The maximum absolute atomic E-state index is 8.34. The highest BCUT2D eigenvalue weighted by Crippen LogP contribution is 1.89. The van der Waals surface area contributed by atoms with Gasteiger partial charge in [-0.1, -0.05) is 6.42 Å². The molecule has 0 saturated carbocycles. The van der Waals surface area contributed by atoms with Gasteiger partial charge in [0.25, 0.3) is 0 Å². The lowest BCUT2D eigenvalue weighted by atomic mass is 10.2. The molecule has 2 radical (unpaired) electrons. The lowest BCUT2D eigenvalue weighted by molar-refractivity contribution is 0.292. The summed E-state index contributed by atoms with van der Waals surface area (Å²) in [7, 11) is 0. The Morgan fingerprint density at radius 1 is 1.22 bits per heavy atom. The molecule has 0 amide bonds. The number of hydrogen-bond acceptors (Lipinski definition) is 2. The Labute approximate surface area is 57.3 Å². The van der Waals surface area contributed by atoms with Crippen LogP contribution in [0.3, 0.4) is 0 Å². The predicted molar refractivity (Wildman–Crippen MR) is 38.1 cm³/mol. The molecule has 0 spiro atoms. The van der Waals surface area contributed by atoms with Gasteiger partial charge in [0.2, 0.25) is 0 Å². The van der Waals surface area contributed by atoms with Crippen LogP contribution in [0.2, 0.25) is 0 Å². The van der Waals surface area contributed by atoms with Crippen LogP contribution in [0.25, 0.3) is 0 Å². The van der Waals surface area contributed by atoms with E-state index in [0.717, 1.165) is 25.8 Å². The van der Waals surface area contributed by atoms with Crippen LogP contribution in [0.4, 0.5) is 0 Å². The Kier molecular flexibility index (Phi) is 7.85. The summed E-state index contributed by atoms with van der Waals surface area (Å²) in [6.45, 7) is 7.16. The molecular weight excluding hydrogens is 114 g/mol. The van der Waals surface area contributed by atoms with E-state index in [2.05, 4.69) is 5.32 Å². The predicted octanol–water partition coefficient (Wildman–Crippen LogP) is 0.450. The van der Waals surface area contributed by atoms with Crippen molar-refractivity contribution in [1.82, 2.24) is 5.32 Å². The van der Waals surface area contributed by atoms with Gasteiger partial charge >= 0.3 is 0 Å². The zero-order chi connectivity index (χ0) is 6.95. The zero-order valence-corrected chi connectivity index (χ0v) is 5.77. The van der Waals surface area contributed by atoms with E-state index >= 15 is 0 Å². The zero-order valence-electron chi connectivity index (χ0n) is 5.77. The summed E-state index contributed by atoms with van der Waals surface area (Å²) in [6.07, 6.45) is 2.94. The van der Waals surface area contributed by atoms with Crippen LogP contribution in [-0.4, -0.2) is 24.8 Å². The minimum Gasteiger partial charge on any atom is -0.395 e. The van der Waals surface area contributed by atoms with Gasteiger partial charge in [-0.2, -0.15) is 0 Å². The summed E-state index contributed by atoms with van der Waals surface area (Å²) in [5.41, 5.74) is 0. The van der Waals surface area contributed by atoms with Crippen molar-refractivity contribution in [2.45, 2.75) is 19.3 Å². The molecule has 0 atom stereocenters. The summed E-state index contributed by atoms with van der Waals surface area (Å²) in [4.78, 5) is 0. The molecule has 2 nitrogen and oxygen atoms in total. The number of unbranched alkanes of at least 4 members (excludes halogenated alkanes) is 2. The number of nitrogens with one attached hydrogen (secondary N) is 1. The lowest BCUT2D eigenvalue weighted by Gasteiger charge is -1.99. The molecule has 0 rings (SSSR count). The van der Waals surface area contributed by atoms with Gasteiger partial charge in [-0.25, -0.2) is 0 Å². The Balaban J connectivity index is 2.60. The highest BCUT2D eigenvalue weighted by atomic mass is 16.3. The van der Waals surface area contributed by atoms with E-state index < -0.39 is 0 Å². The van der Waals surface area contributed by atoms with Gasteiger partial charge in [0, 0.05) is 6.54 Å². The second-order valence-corrected chi connectivity index (χ2v) is 1.97. The third-order valence-electron chi connectivity index (χ3n) is 1.10. The van der Waals surface area contributed by atoms with E-state index in [1.54, 1.807) is 0 Å². The average Bonchev–Trinajstić information content (AvgIpc) is 1.89. The van der Waals surface area contributed by atoms with Crippen LogP contribution in [-0.2, 0) is 0 Å². The van der Waals surface area contributed by atoms with Gasteiger partial charge in [-0.05, 0) is 26.3 Å². The molecule has 2 heteroatoms. The van der Waals surface area contributed by atoms with Crippen molar-refractivity contribution in [3.8, 4) is 0 Å². The number of rotatable bonds is 6. The molecule has 2 N–H and O–H groups in total. The second-order valence-electron chi connectivity index (χ2n) is 1.97. The van der Waals surface area contributed by atoms with Crippen molar-refractivity contribution in [2.75, 3.05) is 19.7 Å². The van der Waals surface area contributed by atoms with E-state index in [9.17, 15) is 0 Å². The van der Waals surface area contributed by atoms with Gasteiger partial charge in [0.05, 0.1) is 6.61 Å². The number of hydrogen-bond donors (Lipinski definition) is 2. The minimum atomic E-state index is 0.225. The first-order valence-corrected chi connectivity index (χ1v) is 3.43. The van der Waals surface area contributed by atoms with E-state index in [1.807, 2.05) is 0 Å². The van der Waals surface area contributed by atoms with Gasteiger partial charge in [-0.3, -0.25) is 0 Å². The molecule has 0 aromatic heterocycles.